The quantitative estimate of drug-likeness (QED) is 0.250. The second-order valence-corrected chi connectivity index (χ2v) is 6.15. The van der Waals surface area contributed by atoms with Crippen LogP contribution in [0, 0.1) is 6.92 Å². The number of nitrogens with two attached hydrogens (primary N) is 2. The maximum Gasteiger partial charge on any atom is 0.354 e. The molecule has 0 aliphatic carbocycles. The molecule has 6 N–H and O–H groups in total. The first-order valence-electron chi connectivity index (χ1n) is 11.5. The summed E-state index contributed by atoms with van der Waals surface area (Å²) in [6, 6.07) is 9.81. The molecule has 0 saturated carbocycles. The van der Waals surface area contributed by atoms with E-state index in [1.807, 2.05) is 85.0 Å². The Hall–Kier alpha value is -3.13. The normalized spacial score (nSPS) is 9.47. The number of hydrogen-bond donors (Lipinski definition) is 4. The van der Waals surface area contributed by atoms with Crippen molar-refractivity contribution in [2.75, 3.05) is 13.1 Å². The SMILES string of the molecule is CC.CC.CC.Cc1cc2cn(-c3ccc(CNCCCN=C(N)N)cc3)c(=O)nc2[nH]1. The summed E-state index contributed by atoms with van der Waals surface area (Å²) in [5.41, 5.74) is 13.8. The van der Waals surface area contributed by atoms with Gasteiger partial charge in [-0.05, 0) is 43.7 Å². The summed E-state index contributed by atoms with van der Waals surface area (Å²) in [6.45, 7) is 16.1. The lowest BCUT2D eigenvalue weighted by Crippen LogP contribution is -2.23. The van der Waals surface area contributed by atoms with Gasteiger partial charge in [0.25, 0.3) is 0 Å². The summed E-state index contributed by atoms with van der Waals surface area (Å²) in [5.74, 6) is 0.123. The number of fused-ring (bicyclic) bond motifs is 1. The molecule has 0 atom stereocenters. The number of aromatic nitrogens is 3. The number of H-pyrrole nitrogens is 1. The van der Waals surface area contributed by atoms with Crippen LogP contribution in [0.4, 0.5) is 0 Å². The topological polar surface area (TPSA) is 127 Å². The zero-order valence-electron chi connectivity index (χ0n) is 20.7. The van der Waals surface area contributed by atoms with E-state index in [9.17, 15) is 4.79 Å². The Morgan fingerprint density at radius 1 is 1.09 bits per heavy atom. The van der Waals surface area contributed by atoms with Crippen LogP contribution in [0.25, 0.3) is 16.7 Å². The first kappa shape index (κ1) is 28.9. The standard InChI is InChI=1S/C18H23N7O.3C2H6/c1-12-9-14-11-25(18(26)24-16(14)23-12)15-5-3-13(4-6-15)10-21-7-2-8-22-17(19)20;3*1-2/h3-6,9,11,21H,2,7-8,10H2,1H3,(H4,19,20,22)(H,23,24,26);3*1-2H3. The number of nitrogens with one attached hydrogen (secondary N) is 2. The highest BCUT2D eigenvalue weighted by Crippen LogP contribution is 2.13. The van der Waals surface area contributed by atoms with E-state index in [4.69, 9.17) is 11.5 Å². The van der Waals surface area contributed by atoms with Crippen LogP contribution in [0.15, 0.2) is 46.3 Å². The van der Waals surface area contributed by atoms with Gasteiger partial charge in [0.05, 0.1) is 5.69 Å². The van der Waals surface area contributed by atoms with Crippen LogP contribution in [0.1, 0.15) is 59.2 Å². The van der Waals surface area contributed by atoms with Crippen molar-refractivity contribution in [1.29, 1.82) is 0 Å². The summed E-state index contributed by atoms with van der Waals surface area (Å²) < 4.78 is 1.56. The first-order valence-corrected chi connectivity index (χ1v) is 11.5. The maximum atomic E-state index is 12.2. The number of nitrogens with zero attached hydrogens (tertiary/aromatic N) is 3. The van der Waals surface area contributed by atoms with Gasteiger partial charge in [-0.3, -0.25) is 9.56 Å². The predicted molar refractivity (Wildman–Crippen MR) is 137 cm³/mol. The Morgan fingerprint density at radius 2 is 1.72 bits per heavy atom. The van der Waals surface area contributed by atoms with Gasteiger partial charge in [0.1, 0.15) is 5.65 Å². The van der Waals surface area contributed by atoms with Crippen molar-refractivity contribution < 1.29 is 0 Å². The van der Waals surface area contributed by atoms with Crippen molar-refractivity contribution in [3.8, 4) is 5.69 Å². The molecule has 0 aliphatic rings. The average molecular weight is 444 g/mol. The molecule has 0 bridgehead atoms. The van der Waals surface area contributed by atoms with E-state index in [-0.39, 0.29) is 11.6 Å². The Morgan fingerprint density at radius 3 is 2.31 bits per heavy atom. The zero-order chi connectivity index (χ0) is 24.5. The fourth-order valence-corrected chi connectivity index (χ4v) is 2.74. The van der Waals surface area contributed by atoms with Crippen LogP contribution in [-0.2, 0) is 6.54 Å². The molecule has 8 heteroatoms. The van der Waals surface area contributed by atoms with Gasteiger partial charge < -0.3 is 21.8 Å². The summed E-state index contributed by atoms with van der Waals surface area (Å²) in [4.78, 5) is 23.3. The molecule has 3 rings (SSSR count). The van der Waals surface area contributed by atoms with Crippen molar-refractivity contribution in [3.63, 3.8) is 0 Å². The molecule has 0 amide bonds. The van der Waals surface area contributed by atoms with E-state index >= 15 is 0 Å². The number of benzene rings is 1. The van der Waals surface area contributed by atoms with Crippen molar-refractivity contribution in [1.82, 2.24) is 19.9 Å². The number of hydrogen-bond acceptors (Lipinski definition) is 4. The van der Waals surface area contributed by atoms with Crippen LogP contribution in [0.3, 0.4) is 0 Å². The third kappa shape index (κ3) is 9.34. The van der Waals surface area contributed by atoms with E-state index in [0.29, 0.717) is 12.2 Å². The van der Waals surface area contributed by atoms with Gasteiger partial charge in [0, 0.05) is 30.4 Å². The summed E-state index contributed by atoms with van der Waals surface area (Å²) in [5, 5.41) is 4.25. The van der Waals surface area contributed by atoms with Crippen LogP contribution < -0.4 is 22.5 Å². The fraction of sp³-hybridized carbons (Fsp3) is 0.458. The Kier molecular flexibility index (Phi) is 14.9. The number of aliphatic imine (C=N–C) groups is 1. The number of aromatic amines is 1. The van der Waals surface area contributed by atoms with Gasteiger partial charge in [-0.25, -0.2) is 4.79 Å². The highest BCUT2D eigenvalue weighted by atomic mass is 16.1. The summed E-state index contributed by atoms with van der Waals surface area (Å²) >= 11 is 0. The fourth-order valence-electron chi connectivity index (χ4n) is 2.74. The van der Waals surface area contributed by atoms with Gasteiger partial charge >= 0.3 is 5.69 Å². The van der Waals surface area contributed by atoms with Crippen molar-refractivity contribution in [3.05, 3.63) is 58.3 Å². The van der Waals surface area contributed by atoms with Crippen LogP contribution in [0.5, 0.6) is 0 Å². The molecule has 2 aromatic heterocycles. The predicted octanol–water partition coefficient (Wildman–Crippen LogP) is 3.85. The molecule has 0 aliphatic heterocycles. The lowest BCUT2D eigenvalue weighted by atomic mass is 10.2. The molecule has 2 heterocycles. The molecule has 1 aromatic carbocycles. The summed E-state index contributed by atoms with van der Waals surface area (Å²) in [7, 11) is 0. The lowest BCUT2D eigenvalue weighted by molar-refractivity contribution is 0.655. The molecule has 0 spiro atoms. The van der Waals surface area contributed by atoms with Gasteiger partial charge in [-0.15, -0.1) is 0 Å². The van der Waals surface area contributed by atoms with E-state index in [0.717, 1.165) is 41.8 Å². The minimum absolute atomic E-state index is 0.123. The molecule has 0 saturated heterocycles. The number of rotatable bonds is 7. The molecule has 0 unspecified atom stereocenters. The largest absolute Gasteiger partial charge is 0.370 e. The Bertz CT molecular complexity index is 968. The van der Waals surface area contributed by atoms with Crippen molar-refractivity contribution in [2.24, 2.45) is 16.5 Å². The van der Waals surface area contributed by atoms with Crippen LogP contribution in [0.2, 0.25) is 0 Å². The molecular formula is C24H41N7O. The smallest absolute Gasteiger partial charge is 0.354 e. The van der Waals surface area contributed by atoms with Crippen molar-refractivity contribution in [2.45, 2.75) is 61.4 Å². The molecule has 3 aromatic rings. The van der Waals surface area contributed by atoms with Gasteiger partial charge in [0.2, 0.25) is 0 Å². The second-order valence-electron chi connectivity index (χ2n) is 6.15. The first-order chi connectivity index (χ1) is 15.5. The summed E-state index contributed by atoms with van der Waals surface area (Å²) in [6.07, 6.45) is 2.68. The third-order valence-electron chi connectivity index (χ3n) is 3.99. The Balaban J connectivity index is 0.00000148. The minimum Gasteiger partial charge on any atom is -0.370 e. The highest BCUT2D eigenvalue weighted by Gasteiger charge is 2.06. The zero-order valence-corrected chi connectivity index (χ0v) is 20.7. The van der Waals surface area contributed by atoms with Gasteiger partial charge in [0.15, 0.2) is 5.96 Å². The van der Waals surface area contributed by atoms with E-state index in [2.05, 4.69) is 20.3 Å². The van der Waals surface area contributed by atoms with Gasteiger partial charge in [-0.1, -0.05) is 53.7 Å². The Labute approximate surface area is 192 Å². The molecule has 178 valence electrons. The monoisotopic (exact) mass is 443 g/mol. The van der Waals surface area contributed by atoms with Crippen LogP contribution in [-0.4, -0.2) is 33.6 Å². The molecule has 0 fully saturated rings. The highest BCUT2D eigenvalue weighted by molar-refractivity contribution is 5.76. The van der Waals surface area contributed by atoms with E-state index in [1.54, 1.807) is 4.57 Å². The molecular weight excluding hydrogens is 402 g/mol. The third-order valence-corrected chi connectivity index (χ3v) is 3.99. The average Bonchev–Trinajstić information content (AvgIpc) is 3.18. The van der Waals surface area contributed by atoms with E-state index < -0.39 is 0 Å². The number of aryl methyl sites for hydroxylation is 1. The van der Waals surface area contributed by atoms with Crippen LogP contribution >= 0.6 is 0 Å². The maximum absolute atomic E-state index is 12.2. The number of guanidine groups is 1. The molecule has 32 heavy (non-hydrogen) atoms. The molecule has 8 nitrogen and oxygen atoms in total. The molecule has 0 radical (unpaired) electrons. The lowest BCUT2D eigenvalue weighted by Gasteiger charge is -2.08. The van der Waals surface area contributed by atoms with Crippen molar-refractivity contribution >= 4 is 17.0 Å². The van der Waals surface area contributed by atoms with E-state index in [1.165, 1.54) is 0 Å². The van der Waals surface area contributed by atoms with Gasteiger partial charge in [-0.2, -0.15) is 4.98 Å². The second kappa shape index (κ2) is 16.5. The minimum atomic E-state index is -0.301.